The quantitative estimate of drug-likeness (QED) is 0.473. The van der Waals surface area contributed by atoms with Crippen molar-refractivity contribution in [2.45, 2.75) is 91.1 Å². The fraction of sp³-hybridized carbons (Fsp3) is 0.640. The first-order chi connectivity index (χ1) is 15.6. The maximum absolute atomic E-state index is 14.0. The van der Waals surface area contributed by atoms with Crippen LogP contribution >= 0.6 is 11.8 Å². The van der Waals surface area contributed by atoms with Gasteiger partial charge in [0.05, 0.1) is 0 Å². The van der Waals surface area contributed by atoms with Crippen molar-refractivity contribution in [1.29, 1.82) is 0 Å². The molecule has 0 bridgehead atoms. The van der Waals surface area contributed by atoms with Gasteiger partial charge in [-0.15, -0.1) is 0 Å². The summed E-state index contributed by atoms with van der Waals surface area (Å²) in [6.07, 6.45) is 1.61. The SMILES string of the molecule is CSCCC(NC(=O)OC(C)(C)C)C(=O)N(C(C(=O)NC(C)C)c1ccc(O)cc1)C(C)(C)C. The van der Waals surface area contributed by atoms with Crippen LogP contribution in [0.1, 0.15) is 73.4 Å². The fourth-order valence-corrected chi connectivity index (χ4v) is 3.87. The summed E-state index contributed by atoms with van der Waals surface area (Å²) in [5.41, 5.74) is -0.923. The number of rotatable bonds is 9. The lowest BCUT2D eigenvalue weighted by atomic mass is 9.95. The zero-order valence-corrected chi connectivity index (χ0v) is 22.7. The molecule has 9 heteroatoms. The second-order valence-corrected chi connectivity index (χ2v) is 11.5. The Labute approximate surface area is 208 Å². The second-order valence-electron chi connectivity index (χ2n) is 10.5. The van der Waals surface area contributed by atoms with Gasteiger partial charge >= 0.3 is 6.09 Å². The van der Waals surface area contributed by atoms with E-state index in [-0.39, 0.29) is 23.6 Å². The number of phenols is 1. The molecule has 192 valence electrons. The van der Waals surface area contributed by atoms with Gasteiger partial charge in [-0.25, -0.2) is 4.79 Å². The normalized spacial score (nSPS) is 13.7. The van der Waals surface area contributed by atoms with E-state index in [0.29, 0.717) is 17.7 Å². The number of carbonyl (C=O) groups excluding carboxylic acids is 3. The minimum atomic E-state index is -0.965. The highest BCUT2D eigenvalue weighted by molar-refractivity contribution is 7.98. The molecule has 0 heterocycles. The van der Waals surface area contributed by atoms with E-state index in [0.717, 1.165) is 0 Å². The van der Waals surface area contributed by atoms with Gasteiger partial charge in [0.15, 0.2) is 0 Å². The molecular formula is C25H41N3O5S. The molecule has 0 aromatic heterocycles. The van der Waals surface area contributed by atoms with Gasteiger partial charge in [0.1, 0.15) is 23.4 Å². The van der Waals surface area contributed by atoms with Crippen LogP contribution in [0.5, 0.6) is 5.75 Å². The number of alkyl carbamates (subject to hydrolysis) is 1. The second kappa shape index (κ2) is 12.3. The summed E-state index contributed by atoms with van der Waals surface area (Å²) in [7, 11) is 0. The number of nitrogens with one attached hydrogen (secondary N) is 2. The third-order valence-corrected chi connectivity index (χ3v) is 5.35. The molecule has 0 saturated heterocycles. The number of thioether (sulfide) groups is 1. The van der Waals surface area contributed by atoms with Crippen LogP contribution in [-0.2, 0) is 14.3 Å². The van der Waals surface area contributed by atoms with Crippen LogP contribution in [0.4, 0.5) is 4.79 Å². The number of ether oxygens (including phenoxy) is 1. The summed E-state index contributed by atoms with van der Waals surface area (Å²) < 4.78 is 5.39. The van der Waals surface area contributed by atoms with Gasteiger partial charge < -0.3 is 25.4 Å². The molecule has 0 fully saturated rings. The molecule has 0 aliphatic carbocycles. The molecule has 0 saturated carbocycles. The minimum absolute atomic E-state index is 0.0600. The molecule has 0 radical (unpaired) electrons. The van der Waals surface area contributed by atoms with Crippen molar-refractivity contribution in [1.82, 2.24) is 15.5 Å². The van der Waals surface area contributed by atoms with E-state index in [1.807, 2.05) is 40.9 Å². The van der Waals surface area contributed by atoms with Crippen LogP contribution in [-0.4, -0.2) is 63.1 Å². The molecule has 0 spiro atoms. The molecule has 3 N–H and O–H groups in total. The maximum Gasteiger partial charge on any atom is 0.408 e. The first-order valence-electron chi connectivity index (χ1n) is 11.5. The fourth-order valence-electron chi connectivity index (χ4n) is 3.39. The summed E-state index contributed by atoms with van der Waals surface area (Å²) in [5.74, 6) is -0.0363. The molecule has 1 rings (SSSR count). The predicted octanol–water partition coefficient (Wildman–Crippen LogP) is 4.23. The van der Waals surface area contributed by atoms with E-state index in [9.17, 15) is 19.5 Å². The number of benzene rings is 1. The molecular weight excluding hydrogens is 454 g/mol. The van der Waals surface area contributed by atoms with Crippen molar-refractivity contribution in [2.75, 3.05) is 12.0 Å². The van der Waals surface area contributed by atoms with Crippen molar-refractivity contribution in [3.8, 4) is 5.75 Å². The summed E-state index contributed by atoms with van der Waals surface area (Å²) in [6.45, 7) is 14.5. The zero-order valence-electron chi connectivity index (χ0n) is 21.9. The number of hydrogen-bond donors (Lipinski definition) is 3. The molecule has 2 unspecified atom stereocenters. The topological polar surface area (TPSA) is 108 Å². The van der Waals surface area contributed by atoms with Crippen LogP contribution in [0, 0.1) is 0 Å². The molecule has 1 aromatic rings. The Hall–Kier alpha value is -2.42. The van der Waals surface area contributed by atoms with Crippen molar-refractivity contribution in [3.63, 3.8) is 0 Å². The van der Waals surface area contributed by atoms with E-state index >= 15 is 0 Å². The standard InChI is InChI=1S/C25H41N3O5S/c1-16(2)26-21(30)20(17-10-12-18(29)13-11-17)28(24(3,4)5)22(31)19(14-15-34-9)27-23(32)33-25(6,7)8/h10-13,16,19-20,29H,14-15H2,1-9H3,(H,26,30)(H,27,32). The molecule has 34 heavy (non-hydrogen) atoms. The van der Waals surface area contributed by atoms with Gasteiger partial charge in [0.25, 0.3) is 0 Å². The largest absolute Gasteiger partial charge is 0.508 e. The Morgan fingerprint density at radius 1 is 1.03 bits per heavy atom. The van der Waals surface area contributed by atoms with Crippen LogP contribution in [0.25, 0.3) is 0 Å². The zero-order chi connectivity index (χ0) is 26.3. The van der Waals surface area contributed by atoms with E-state index in [2.05, 4.69) is 10.6 Å². The molecule has 0 aliphatic rings. The lowest BCUT2D eigenvalue weighted by molar-refractivity contribution is -0.148. The average Bonchev–Trinajstić information content (AvgIpc) is 2.66. The van der Waals surface area contributed by atoms with E-state index in [1.54, 1.807) is 44.7 Å². The summed E-state index contributed by atoms with van der Waals surface area (Å²) >= 11 is 1.56. The molecule has 2 atom stereocenters. The first kappa shape index (κ1) is 29.6. The van der Waals surface area contributed by atoms with E-state index in [1.165, 1.54) is 17.0 Å². The molecule has 3 amide bonds. The highest BCUT2D eigenvalue weighted by Gasteiger charge is 2.41. The van der Waals surface area contributed by atoms with Crippen LogP contribution in [0.3, 0.4) is 0 Å². The highest BCUT2D eigenvalue weighted by atomic mass is 32.2. The number of phenolic OH excluding ortho intramolecular Hbond substituents is 1. The van der Waals surface area contributed by atoms with Gasteiger partial charge in [-0.2, -0.15) is 11.8 Å². The first-order valence-corrected chi connectivity index (χ1v) is 12.9. The predicted molar refractivity (Wildman–Crippen MR) is 137 cm³/mol. The Kier molecular flexibility index (Phi) is 10.7. The maximum atomic E-state index is 14.0. The lowest BCUT2D eigenvalue weighted by Gasteiger charge is -2.43. The lowest BCUT2D eigenvalue weighted by Crippen LogP contribution is -2.59. The Morgan fingerprint density at radius 2 is 1.59 bits per heavy atom. The number of amides is 3. The van der Waals surface area contributed by atoms with Gasteiger partial charge in [0, 0.05) is 11.6 Å². The Balaban J connectivity index is 3.50. The monoisotopic (exact) mass is 495 g/mol. The summed E-state index contributed by atoms with van der Waals surface area (Å²) in [4.78, 5) is 41.4. The van der Waals surface area contributed by atoms with Crippen LogP contribution < -0.4 is 10.6 Å². The van der Waals surface area contributed by atoms with E-state index in [4.69, 9.17) is 4.74 Å². The number of carbonyl (C=O) groups is 3. The van der Waals surface area contributed by atoms with Crippen LogP contribution in [0.15, 0.2) is 24.3 Å². The van der Waals surface area contributed by atoms with Crippen molar-refractivity contribution >= 4 is 29.7 Å². The Bertz CT molecular complexity index is 828. The van der Waals surface area contributed by atoms with Gasteiger partial charge in [-0.1, -0.05) is 12.1 Å². The molecule has 1 aromatic carbocycles. The van der Waals surface area contributed by atoms with Gasteiger partial charge in [-0.3, -0.25) is 9.59 Å². The van der Waals surface area contributed by atoms with Crippen LogP contribution in [0.2, 0.25) is 0 Å². The highest BCUT2D eigenvalue weighted by Crippen LogP contribution is 2.31. The molecule has 8 nitrogen and oxygen atoms in total. The smallest absolute Gasteiger partial charge is 0.408 e. The Morgan fingerprint density at radius 3 is 2.03 bits per heavy atom. The van der Waals surface area contributed by atoms with Gasteiger partial charge in [-0.05, 0) is 91.5 Å². The number of aromatic hydroxyl groups is 1. The third kappa shape index (κ3) is 9.44. The van der Waals surface area contributed by atoms with Crippen molar-refractivity contribution in [3.05, 3.63) is 29.8 Å². The number of hydrogen-bond acceptors (Lipinski definition) is 6. The third-order valence-electron chi connectivity index (χ3n) is 4.71. The van der Waals surface area contributed by atoms with Gasteiger partial charge in [0.2, 0.25) is 11.8 Å². The average molecular weight is 496 g/mol. The number of nitrogens with zero attached hydrogens (tertiary/aromatic N) is 1. The summed E-state index contributed by atoms with van der Waals surface area (Å²) in [6, 6.07) is 4.24. The van der Waals surface area contributed by atoms with E-state index < -0.39 is 29.3 Å². The minimum Gasteiger partial charge on any atom is -0.508 e. The van der Waals surface area contributed by atoms with Crippen molar-refractivity contribution in [2.24, 2.45) is 0 Å². The summed E-state index contributed by atoms with van der Waals surface area (Å²) in [5, 5.41) is 15.4. The van der Waals surface area contributed by atoms with Crippen molar-refractivity contribution < 1.29 is 24.2 Å². The molecule has 0 aliphatic heterocycles.